The highest BCUT2D eigenvalue weighted by atomic mass is 32.2. The minimum atomic E-state index is -0.817. The molecule has 6 nitrogen and oxygen atoms in total. The first-order valence-electron chi connectivity index (χ1n) is 6.85. The van der Waals surface area contributed by atoms with Crippen molar-refractivity contribution in [3.05, 3.63) is 24.5 Å². The molecular weight excluding hydrogens is 290 g/mol. The molecule has 1 saturated heterocycles. The molecule has 0 saturated carbocycles. The maximum Gasteiger partial charge on any atom is 0.320 e. The Labute approximate surface area is 128 Å². The SMILES string of the molecule is CC(C(=O)O)N1CCN(C(=O)CSc2ccncc2)CC1. The van der Waals surface area contributed by atoms with E-state index in [-0.39, 0.29) is 5.91 Å². The summed E-state index contributed by atoms with van der Waals surface area (Å²) < 4.78 is 0. The molecule has 0 aromatic carbocycles. The molecule has 0 aliphatic carbocycles. The van der Waals surface area contributed by atoms with E-state index in [0.29, 0.717) is 31.9 Å². The van der Waals surface area contributed by atoms with Gasteiger partial charge >= 0.3 is 5.97 Å². The van der Waals surface area contributed by atoms with Gasteiger partial charge in [-0.3, -0.25) is 19.5 Å². The Balaban J connectivity index is 1.77. The van der Waals surface area contributed by atoms with Crippen LogP contribution in [0.15, 0.2) is 29.4 Å². The molecule has 1 unspecified atom stereocenters. The Kier molecular flexibility index (Phi) is 5.58. The Morgan fingerprint density at radius 1 is 1.29 bits per heavy atom. The first kappa shape index (κ1) is 15.8. The number of aliphatic carboxylic acids is 1. The van der Waals surface area contributed by atoms with Gasteiger partial charge in [0.15, 0.2) is 0 Å². The molecule has 1 aromatic heterocycles. The van der Waals surface area contributed by atoms with Crippen LogP contribution in [0.2, 0.25) is 0 Å². The largest absolute Gasteiger partial charge is 0.480 e. The molecule has 1 N–H and O–H groups in total. The van der Waals surface area contributed by atoms with E-state index in [1.807, 2.05) is 17.0 Å². The normalized spacial score (nSPS) is 17.5. The minimum Gasteiger partial charge on any atom is -0.480 e. The van der Waals surface area contributed by atoms with Crippen molar-refractivity contribution in [3.8, 4) is 0 Å². The smallest absolute Gasteiger partial charge is 0.320 e. The van der Waals surface area contributed by atoms with E-state index < -0.39 is 12.0 Å². The van der Waals surface area contributed by atoms with E-state index in [1.165, 1.54) is 11.8 Å². The molecular formula is C14H19N3O3S. The first-order chi connectivity index (χ1) is 10.1. The van der Waals surface area contributed by atoms with Crippen LogP contribution in [0.25, 0.3) is 0 Å². The van der Waals surface area contributed by atoms with Gasteiger partial charge in [-0.05, 0) is 19.1 Å². The van der Waals surface area contributed by atoms with Crippen LogP contribution in [-0.4, -0.2) is 69.7 Å². The van der Waals surface area contributed by atoms with Gasteiger partial charge < -0.3 is 10.0 Å². The fraction of sp³-hybridized carbons (Fsp3) is 0.500. The topological polar surface area (TPSA) is 73.7 Å². The number of piperazine rings is 1. The van der Waals surface area contributed by atoms with Crippen molar-refractivity contribution in [2.75, 3.05) is 31.9 Å². The minimum absolute atomic E-state index is 0.0967. The van der Waals surface area contributed by atoms with E-state index in [2.05, 4.69) is 4.98 Å². The lowest BCUT2D eigenvalue weighted by Gasteiger charge is -2.36. The van der Waals surface area contributed by atoms with Gasteiger partial charge in [-0.15, -0.1) is 11.8 Å². The molecule has 2 heterocycles. The third-order valence-electron chi connectivity index (χ3n) is 3.58. The fourth-order valence-corrected chi connectivity index (χ4v) is 2.97. The lowest BCUT2D eigenvalue weighted by molar-refractivity contribution is -0.143. The van der Waals surface area contributed by atoms with Crippen LogP contribution in [0.1, 0.15) is 6.92 Å². The van der Waals surface area contributed by atoms with Crippen LogP contribution in [-0.2, 0) is 9.59 Å². The molecule has 1 atom stereocenters. The molecule has 114 valence electrons. The molecule has 1 aromatic rings. The van der Waals surface area contributed by atoms with Gasteiger partial charge in [-0.25, -0.2) is 0 Å². The summed E-state index contributed by atoms with van der Waals surface area (Å²) >= 11 is 1.50. The van der Waals surface area contributed by atoms with Crippen molar-refractivity contribution in [3.63, 3.8) is 0 Å². The average molecular weight is 309 g/mol. The van der Waals surface area contributed by atoms with E-state index >= 15 is 0 Å². The number of carboxylic acids is 1. The predicted octanol–water partition coefficient (Wildman–Crippen LogP) is 0.791. The molecule has 0 spiro atoms. The predicted molar refractivity (Wildman–Crippen MR) is 80.2 cm³/mol. The molecule has 1 aliphatic rings. The standard InChI is InChI=1S/C14H19N3O3S/c1-11(14(19)20)16-6-8-17(9-7-16)13(18)10-21-12-2-4-15-5-3-12/h2-5,11H,6-10H2,1H3,(H,19,20). The molecule has 1 amide bonds. The number of thioether (sulfide) groups is 1. The summed E-state index contributed by atoms with van der Waals surface area (Å²) in [6.07, 6.45) is 3.41. The maximum atomic E-state index is 12.1. The number of nitrogens with zero attached hydrogens (tertiary/aromatic N) is 3. The zero-order valence-electron chi connectivity index (χ0n) is 11.9. The molecule has 1 aliphatic heterocycles. The van der Waals surface area contributed by atoms with E-state index in [1.54, 1.807) is 24.2 Å². The van der Waals surface area contributed by atoms with Gasteiger partial charge in [0.1, 0.15) is 6.04 Å². The van der Waals surface area contributed by atoms with Crippen molar-refractivity contribution in [1.82, 2.24) is 14.8 Å². The first-order valence-corrected chi connectivity index (χ1v) is 7.84. The summed E-state index contributed by atoms with van der Waals surface area (Å²) in [7, 11) is 0. The monoisotopic (exact) mass is 309 g/mol. The van der Waals surface area contributed by atoms with Gasteiger partial charge in [0.25, 0.3) is 0 Å². The van der Waals surface area contributed by atoms with Crippen LogP contribution >= 0.6 is 11.8 Å². The van der Waals surface area contributed by atoms with Crippen LogP contribution in [0, 0.1) is 0 Å². The number of carbonyl (C=O) groups is 2. The third kappa shape index (κ3) is 4.44. The van der Waals surface area contributed by atoms with Crippen LogP contribution in [0.3, 0.4) is 0 Å². The Hall–Kier alpha value is -1.60. The van der Waals surface area contributed by atoms with Gasteiger partial charge in [-0.1, -0.05) is 0 Å². The summed E-state index contributed by atoms with van der Waals surface area (Å²) in [5.41, 5.74) is 0. The third-order valence-corrected chi connectivity index (χ3v) is 4.58. The molecule has 7 heteroatoms. The number of aromatic nitrogens is 1. The summed E-state index contributed by atoms with van der Waals surface area (Å²) in [6, 6.07) is 3.27. The van der Waals surface area contributed by atoms with E-state index in [4.69, 9.17) is 5.11 Å². The second-order valence-corrected chi connectivity index (χ2v) is 5.95. The lowest BCUT2D eigenvalue weighted by Crippen LogP contribution is -2.53. The second-order valence-electron chi connectivity index (χ2n) is 4.90. The van der Waals surface area contributed by atoms with Crippen molar-refractivity contribution < 1.29 is 14.7 Å². The number of pyridine rings is 1. The van der Waals surface area contributed by atoms with Crippen molar-refractivity contribution in [1.29, 1.82) is 0 Å². The lowest BCUT2D eigenvalue weighted by atomic mass is 10.2. The number of hydrogen-bond donors (Lipinski definition) is 1. The zero-order valence-corrected chi connectivity index (χ0v) is 12.8. The molecule has 21 heavy (non-hydrogen) atoms. The Bertz CT molecular complexity index is 489. The molecule has 1 fully saturated rings. The van der Waals surface area contributed by atoms with Crippen LogP contribution < -0.4 is 0 Å². The van der Waals surface area contributed by atoms with Gasteiger partial charge in [0.2, 0.25) is 5.91 Å². The van der Waals surface area contributed by atoms with E-state index in [9.17, 15) is 9.59 Å². The summed E-state index contributed by atoms with van der Waals surface area (Å²) in [4.78, 5) is 31.7. The summed E-state index contributed by atoms with van der Waals surface area (Å²) in [5, 5.41) is 8.99. The van der Waals surface area contributed by atoms with Gasteiger partial charge in [-0.2, -0.15) is 0 Å². The highest BCUT2D eigenvalue weighted by Crippen LogP contribution is 2.17. The van der Waals surface area contributed by atoms with Gasteiger partial charge in [0.05, 0.1) is 5.75 Å². The number of carboxylic acid groups (broad SMARTS) is 1. The molecule has 2 rings (SSSR count). The average Bonchev–Trinajstić information content (AvgIpc) is 2.53. The van der Waals surface area contributed by atoms with Crippen molar-refractivity contribution >= 4 is 23.6 Å². The summed E-state index contributed by atoms with van der Waals surface area (Å²) in [5.74, 6) is -0.319. The van der Waals surface area contributed by atoms with Crippen LogP contribution in [0.4, 0.5) is 0 Å². The highest BCUT2D eigenvalue weighted by Gasteiger charge is 2.26. The Morgan fingerprint density at radius 2 is 1.90 bits per heavy atom. The van der Waals surface area contributed by atoms with Crippen LogP contribution in [0.5, 0.6) is 0 Å². The quantitative estimate of drug-likeness (QED) is 0.811. The maximum absolute atomic E-state index is 12.1. The second kappa shape index (κ2) is 7.42. The number of carbonyl (C=O) groups excluding carboxylic acids is 1. The number of hydrogen-bond acceptors (Lipinski definition) is 5. The van der Waals surface area contributed by atoms with Crippen molar-refractivity contribution in [2.24, 2.45) is 0 Å². The van der Waals surface area contributed by atoms with E-state index in [0.717, 1.165) is 4.90 Å². The highest BCUT2D eigenvalue weighted by molar-refractivity contribution is 8.00. The number of amides is 1. The fourth-order valence-electron chi connectivity index (χ4n) is 2.19. The zero-order chi connectivity index (χ0) is 15.2. The molecule has 0 radical (unpaired) electrons. The molecule has 0 bridgehead atoms. The van der Waals surface area contributed by atoms with Gasteiger partial charge in [0, 0.05) is 43.5 Å². The number of rotatable bonds is 5. The summed E-state index contributed by atoms with van der Waals surface area (Å²) in [6.45, 7) is 4.08. The van der Waals surface area contributed by atoms with Crippen molar-refractivity contribution in [2.45, 2.75) is 17.9 Å². The Morgan fingerprint density at radius 3 is 2.48 bits per heavy atom.